The van der Waals surface area contributed by atoms with Gasteiger partial charge in [-0.1, -0.05) is 13.3 Å². The molecule has 0 unspecified atom stereocenters. The molecule has 0 aliphatic carbocycles. The Morgan fingerprint density at radius 1 is 1.14 bits per heavy atom. The van der Waals surface area contributed by atoms with Gasteiger partial charge in [-0.3, -0.25) is 0 Å². The number of halogens is 2. The lowest BCUT2D eigenvalue weighted by molar-refractivity contribution is 0.249. The van der Waals surface area contributed by atoms with Gasteiger partial charge in [-0.2, -0.15) is 0 Å². The predicted octanol–water partition coefficient (Wildman–Crippen LogP) is 3.50. The van der Waals surface area contributed by atoms with E-state index >= 15 is 0 Å². The van der Waals surface area contributed by atoms with Crippen molar-refractivity contribution < 1.29 is 0 Å². The van der Waals surface area contributed by atoms with Crippen molar-refractivity contribution in [2.75, 3.05) is 20.1 Å². The molecule has 0 aliphatic heterocycles. The first-order valence-electron chi connectivity index (χ1n) is 5.20. The first-order chi connectivity index (χ1) is 6.40. The minimum absolute atomic E-state index is 0.149. The zero-order valence-electron chi connectivity index (χ0n) is 9.69. The van der Waals surface area contributed by atoms with Crippen LogP contribution in [0.15, 0.2) is 0 Å². The largest absolute Gasteiger partial charge is 0.306 e. The van der Waals surface area contributed by atoms with E-state index in [4.69, 9.17) is 23.6 Å². The Kier molecular flexibility index (Phi) is 7.13. The van der Waals surface area contributed by atoms with Crippen LogP contribution in [0.3, 0.4) is 0 Å². The van der Waals surface area contributed by atoms with Crippen molar-refractivity contribution in [3.8, 4) is 0 Å². The minimum atomic E-state index is -0.149. The number of unbranched alkanes of at least 4 members (excludes halogenated alkanes) is 1. The Morgan fingerprint density at radius 3 is 2.14 bits per heavy atom. The topological polar surface area (TPSA) is 6.48 Å². The Bertz CT molecular complexity index is 149. The Hall–Kier alpha value is 0.500. The average Bonchev–Trinajstić information content (AvgIpc) is 2.11. The molecule has 0 atom stereocenters. The third-order valence-corrected chi connectivity index (χ3v) is 3.37. The summed E-state index contributed by atoms with van der Waals surface area (Å²) in [5, 5.41) is 0. The highest BCUT2D eigenvalue weighted by Crippen LogP contribution is 2.23. The van der Waals surface area contributed by atoms with Crippen molar-refractivity contribution in [3.05, 3.63) is 0 Å². The van der Waals surface area contributed by atoms with Crippen molar-refractivity contribution in [2.45, 2.75) is 45.6 Å². The second-order valence-electron chi connectivity index (χ2n) is 4.45. The van der Waals surface area contributed by atoms with Crippen LogP contribution in [0.1, 0.15) is 40.0 Å². The van der Waals surface area contributed by atoms with Gasteiger partial charge in [0.15, 0.2) is 0 Å². The molecule has 0 aromatic heterocycles. The maximum atomic E-state index is 5.74. The average molecular weight is 241 g/mol. The molecule has 0 fully saturated rings. The van der Waals surface area contributed by atoms with E-state index in [1.54, 1.807) is 0 Å². The molecule has 14 heavy (non-hydrogen) atoms. The molecule has 0 saturated carbocycles. The van der Waals surface area contributed by atoms with Gasteiger partial charge in [-0.25, -0.2) is 0 Å². The molecule has 0 amide bonds. The van der Waals surface area contributed by atoms with E-state index in [0.29, 0.717) is 0 Å². The van der Waals surface area contributed by atoms with E-state index in [9.17, 15) is 0 Å². The summed E-state index contributed by atoms with van der Waals surface area (Å²) in [5.74, 6) is 0. The zero-order valence-corrected chi connectivity index (χ0v) is 11.2. The molecule has 0 aromatic rings. The van der Waals surface area contributed by atoms with E-state index in [0.717, 1.165) is 19.5 Å². The SMILES string of the molecule is CCCCN(C)CCC(C)(C)N(Cl)Cl. The lowest BCUT2D eigenvalue weighted by Gasteiger charge is -2.29. The lowest BCUT2D eigenvalue weighted by atomic mass is 10.0. The van der Waals surface area contributed by atoms with E-state index in [1.165, 1.54) is 16.8 Å². The highest BCUT2D eigenvalue weighted by atomic mass is 35.5. The van der Waals surface area contributed by atoms with Crippen LogP contribution in [-0.2, 0) is 0 Å². The van der Waals surface area contributed by atoms with Crippen LogP contribution in [0, 0.1) is 0 Å². The minimum Gasteiger partial charge on any atom is -0.306 e. The van der Waals surface area contributed by atoms with Gasteiger partial charge in [0, 0.05) is 5.54 Å². The van der Waals surface area contributed by atoms with Crippen LogP contribution in [0.4, 0.5) is 0 Å². The van der Waals surface area contributed by atoms with Crippen LogP contribution in [0.25, 0.3) is 0 Å². The zero-order chi connectivity index (χ0) is 11.2. The summed E-state index contributed by atoms with van der Waals surface area (Å²) in [4.78, 5) is 2.32. The Balaban J connectivity index is 3.70. The third-order valence-electron chi connectivity index (χ3n) is 2.46. The van der Waals surface area contributed by atoms with Crippen molar-refractivity contribution in [3.63, 3.8) is 0 Å². The molecule has 2 nitrogen and oxygen atoms in total. The van der Waals surface area contributed by atoms with Crippen molar-refractivity contribution in [1.29, 1.82) is 0 Å². The maximum Gasteiger partial charge on any atom is 0.0482 e. The molecule has 0 aliphatic rings. The molecular formula is C10H22Cl2N2. The fraction of sp³-hybridized carbons (Fsp3) is 1.00. The summed E-state index contributed by atoms with van der Waals surface area (Å²) in [5.41, 5.74) is -0.149. The van der Waals surface area contributed by atoms with Crippen molar-refractivity contribution in [2.24, 2.45) is 0 Å². The first kappa shape index (κ1) is 14.5. The van der Waals surface area contributed by atoms with Crippen molar-refractivity contribution in [1.82, 2.24) is 8.84 Å². The molecule has 0 aromatic carbocycles. The second kappa shape index (κ2) is 6.89. The van der Waals surface area contributed by atoms with E-state index < -0.39 is 0 Å². The summed E-state index contributed by atoms with van der Waals surface area (Å²) >= 11 is 11.5. The van der Waals surface area contributed by atoms with Gasteiger partial charge in [-0.05, 0) is 70.4 Å². The van der Waals surface area contributed by atoms with Gasteiger partial charge < -0.3 is 4.90 Å². The van der Waals surface area contributed by atoms with E-state index in [2.05, 4.69) is 18.9 Å². The smallest absolute Gasteiger partial charge is 0.0482 e. The lowest BCUT2D eigenvalue weighted by Crippen LogP contribution is -2.35. The first-order valence-corrected chi connectivity index (χ1v) is 5.88. The molecule has 0 heterocycles. The number of nitrogens with zero attached hydrogens (tertiary/aromatic N) is 2. The number of hydrogen-bond donors (Lipinski definition) is 0. The molecule has 0 N–H and O–H groups in total. The second-order valence-corrected chi connectivity index (χ2v) is 5.30. The van der Waals surface area contributed by atoms with Gasteiger partial charge in [0.1, 0.15) is 0 Å². The van der Waals surface area contributed by atoms with Crippen LogP contribution in [0.5, 0.6) is 0 Å². The van der Waals surface area contributed by atoms with E-state index in [-0.39, 0.29) is 5.54 Å². The fourth-order valence-corrected chi connectivity index (χ4v) is 1.26. The van der Waals surface area contributed by atoms with Crippen LogP contribution in [0.2, 0.25) is 0 Å². The highest BCUT2D eigenvalue weighted by molar-refractivity contribution is 6.34. The van der Waals surface area contributed by atoms with Gasteiger partial charge in [-0.15, -0.1) is 3.94 Å². The fourth-order valence-electron chi connectivity index (χ4n) is 1.09. The van der Waals surface area contributed by atoms with Gasteiger partial charge in [0.05, 0.1) is 0 Å². The van der Waals surface area contributed by atoms with Crippen LogP contribution in [-0.4, -0.2) is 34.5 Å². The number of hydrogen-bond acceptors (Lipinski definition) is 2. The summed E-state index contributed by atoms with van der Waals surface area (Å²) < 4.78 is 1.25. The molecule has 86 valence electrons. The molecule has 0 bridgehead atoms. The monoisotopic (exact) mass is 240 g/mol. The molecular weight excluding hydrogens is 219 g/mol. The van der Waals surface area contributed by atoms with Gasteiger partial charge >= 0.3 is 0 Å². The summed E-state index contributed by atoms with van der Waals surface area (Å²) in [7, 11) is 2.14. The van der Waals surface area contributed by atoms with E-state index in [1.807, 2.05) is 13.8 Å². The van der Waals surface area contributed by atoms with Gasteiger partial charge in [0.2, 0.25) is 0 Å². The highest BCUT2D eigenvalue weighted by Gasteiger charge is 2.24. The summed E-state index contributed by atoms with van der Waals surface area (Å²) in [6.07, 6.45) is 3.47. The van der Waals surface area contributed by atoms with Crippen LogP contribution < -0.4 is 0 Å². The predicted molar refractivity (Wildman–Crippen MR) is 64.6 cm³/mol. The quantitative estimate of drug-likeness (QED) is 0.629. The molecule has 0 saturated heterocycles. The third kappa shape index (κ3) is 6.07. The maximum absolute atomic E-state index is 5.74. The number of rotatable bonds is 7. The summed E-state index contributed by atoms with van der Waals surface area (Å²) in [6.45, 7) is 8.47. The molecule has 0 radical (unpaired) electrons. The van der Waals surface area contributed by atoms with Crippen molar-refractivity contribution >= 4 is 23.6 Å². The Morgan fingerprint density at radius 2 is 1.71 bits per heavy atom. The molecule has 4 heteroatoms. The normalized spacial score (nSPS) is 12.9. The van der Waals surface area contributed by atoms with Gasteiger partial charge in [0.25, 0.3) is 0 Å². The summed E-state index contributed by atoms with van der Waals surface area (Å²) in [6, 6.07) is 0. The Labute approximate surface area is 98.4 Å². The molecule has 0 rings (SSSR count). The molecule has 0 spiro atoms. The standard InChI is InChI=1S/C10H22Cl2N2/c1-5-6-8-13(4)9-7-10(2,3)14(11)12/h5-9H2,1-4H3. The van der Waals surface area contributed by atoms with Crippen LogP contribution >= 0.6 is 23.6 Å².